The lowest BCUT2D eigenvalue weighted by atomic mass is 9.84. The van der Waals surface area contributed by atoms with Gasteiger partial charge in [-0.15, -0.1) is 5.92 Å². The summed E-state index contributed by atoms with van der Waals surface area (Å²) < 4.78 is 0. The third-order valence-electron chi connectivity index (χ3n) is 1.72. The number of Topliss-reactive ketones (excluding diaryl/α,β-unsaturated/α-hetero) is 1. The van der Waals surface area contributed by atoms with Crippen molar-refractivity contribution in [3.63, 3.8) is 0 Å². The Kier molecular flexibility index (Phi) is 3.99. The molecule has 0 aromatic heterocycles. The lowest BCUT2D eigenvalue weighted by Crippen LogP contribution is -2.42. The zero-order chi connectivity index (χ0) is 9.78. The van der Waals surface area contributed by atoms with Crippen LogP contribution in [0.3, 0.4) is 0 Å². The van der Waals surface area contributed by atoms with Crippen molar-refractivity contribution in [2.45, 2.75) is 40.2 Å². The first-order valence-electron chi connectivity index (χ1n) is 4.07. The highest BCUT2D eigenvalue weighted by Gasteiger charge is 2.26. The molecule has 0 aliphatic heterocycles. The lowest BCUT2D eigenvalue weighted by molar-refractivity contribution is -0.121. The molecule has 0 radical (unpaired) electrons. The Morgan fingerprint density at radius 2 is 2.00 bits per heavy atom. The normalized spacial score (nSPS) is 13.1. The van der Waals surface area contributed by atoms with E-state index in [1.807, 2.05) is 20.8 Å². The van der Waals surface area contributed by atoms with Crippen molar-refractivity contribution in [1.29, 1.82) is 0 Å². The largest absolute Gasteiger partial charge is 0.321 e. The van der Waals surface area contributed by atoms with Crippen molar-refractivity contribution < 1.29 is 4.79 Å². The maximum atomic E-state index is 11.3. The van der Waals surface area contributed by atoms with Crippen molar-refractivity contribution in [3.8, 4) is 11.8 Å². The van der Waals surface area contributed by atoms with Gasteiger partial charge < -0.3 is 5.73 Å². The SMILES string of the molecule is CC#CCC(=O)C(N)C(C)(C)C. The molecule has 0 spiro atoms. The van der Waals surface area contributed by atoms with Gasteiger partial charge in [-0.2, -0.15) is 0 Å². The fourth-order valence-electron chi connectivity index (χ4n) is 0.768. The monoisotopic (exact) mass is 167 g/mol. The minimum atomic E-state index is -0.404. The van der Waals surface area contributed by atoms with E-state index >= 15 is 0 Å². The first-order chi connectivity index (χ1) is 5.39. The molecule has 0 heterocycles. The Labute approximate surface area is 74.5 Å². The minimum absolute atomic E-state index is 0.0249. The highest BCUT2D eigenvalue weighted by atomic mass is 16.1. The highest BCUT2D eigenvalue weighted by Crippen LogP contribution is 2.18. The van der Waals surface area contributed by atoms with Gasteiger partial charge in [0, 0.05) is 0 Å². The van der Waals surface area contributed by atoms with Crippen LogP contribution in [0.1, 0.15) is 34.1 Å². The summed E-state index contributed by atoms with van der Waals surface area (Å²) in [6, 6.07) is -0.404. The summed E-state index contributed by atoms with van der Waals surface area (Å²) in [5.41, 5.74) is 5.56. The van der Waals surface area contributed by atoms with Gasteiger partial charge in [-0.1, -0.05) is 26.7 Å². The first-order valence-corrected chi connectivity index (χ1v) is 4.07. The van der Waals surface area contributed by atoms with Gasteiger partial charge in [0.1, 0.15) is 0 Å². The van der Waals surface area contributed by atoms with Crippen LogP contribution in [0.2, 0.25) is 0 Å². The summed E-state index contributed by atoms with van der Waals surface area (Å²) in [5.74, 6) is 5.42. The molecule has 0 saturated carbocycles. The maximum absolute atomic E-state index is 11.3. The summed E-state index contributed by atoms with van der Waals surface area (Å²) in [7, 11) is 0. The molecule has 68 valence electrons. The Bertz CT molecular complexity index is 214. The van der Waals surface area contributed by atoms with Crippen LogP contribution in [0, 0.1) is 17.3 Å². The fourth-order valence-corrected chi connectivity index (χ4v) is 0.768. The number of nitrogens with two attached hydrogens (primary N) is 1. The van der Waals surface area contributed by atoms with Gasteiger partial charge in [0.15, 0.2) is 5.78 Å². The summed E-state index contributed by atoms with van der Waals surface area (Å²) in [5, 5.41) is 0. The van der Waals surface area contributed by atoms with E-state index in [-0.39, 0.29) is 17.6 Å². The van der Waals surface area contributed by atoms with E-state index in [0.29, 0.717) is 0 Å². The number of hydrogen-bond acceptors (Lipinski definition) is 2. The number of hydrogen-bond donors (Lipinski definition) is 1. The second kappa shape index (κ2) is 4.27. The summed E-state index contributed by atoms with van der Waals surface area (Å²) in [6.07, 6.45) is 0.273. The van der Waals surface area contributed by atoms with Crippen molar-refractivity contribution >= 4 is 5.78 Å². The van der Waals surface area contributed by atoms with Gasteiger partial charge in [0.25, 0.3) is 0 Å². The summed E-state index contributed by atoms with van der Waals surface area (Å²) >= 11 is 0. The molecule has 0 aromatic rings. The molecule has 0 amide bonds. The van der Waals surface area contributed by atoms with E-state index in [4.69, 9.17) is 5.73 Å². The van der Waals surface area contributed by atoms with E-state index in [1.54, 1.807) is 6.92 Å². The summed E-state index contributed by atoms with van der Waals surface area (Å²) in [6.45, 7) is 7.58. The molecule has 1 atom stereocenters. The van der Waals surface area contributed by atoms with Crippen molar-refractivity contribution in [2.75, 3.05) is 0 Å². The Hall–Kier alpha value is -0.810. The van der Waals surface area contributed by atoms with Crippen molar-refractivity contribution in [1.82, 2.24) is 0 Å². The van der Waals surface area contributed by atoms with Gasteiger partial charge in [-0.05, 0) is 12.3 Å². The van der Waals surface area contributed by atoms with Crippen LogP contribution >= 0.6 is 0 Å². The zero-order valence-electron chi connectivity index (χ0n) is 8.27. The van der Waals surface area contributed by atoms with Crippen LogP contribution < -0.4 is 5.73 Å². The Morgan fingerprint density at radius 3 is 2.33 bits per heavy atom. The van der Waals surface area contributed by atoms with Crippen LogP contribution in [-0.4, -0.2) is 11.8 Å². The van der Waals surface area contributed by atoms with Gasteiger partial charge in [-0.3, -0.25) is 4.79 Å². The predicted molar refractivity (Wildman–Crippen MR) is 50.5 cm³/mol. The maximum Gasteiger partial charge on any atom is 0.161 e. The fraction of sp³-hybridized carbons (Fsp3) is 0.700. The molecule has 0 aromatic carbocycles. The zero-order valence-corrected chi connectivity index (χ0v) is 8.27. The number of rotatable bonds is 2. The molecule has 1 unspecified atom stereocenters. The highest BCUT2D eigenvalue weighted by molar-refractivity contribution is 5.86. The molecule has 12 heavy (non-hydrogen) atoms. The molecule has 2 N–H and O–H groups in total. The molecule has 0 fully saturated rings. The average molecular weight is 167 g/mol. The molecule has 0 bridgehead atoms. The van der Waals surface area contributed by atoms with Crippen LogP contribution in [-0.2, 0) is 4.79 Å². The second-order valence-corrected chi connectivity index (χ2v) is 3.91. The van der Waals surface area contributed by atoms with E-state index in [1.165, 1.54) is 0 Å². The van der Waals surface area contributed by atoms with Crippen LogP contribution in [0.4, 0.5) is 0 Å². The molecule has 0 aliphatic carbocycles. The van der Waals surface area contributed by atoms with E-state index in [0.717, 1.165) is 0 Å². The van der Waals surface area contributed by atoms with Gasteiger partial charge in [0.05, 0.1) is 12.5 Å². The number of carbonyl (C=O) groups is 1. The van der Waals surface area contributed by atoms with Gasteiger partial charge in [-0.25, -0.2) is 0 Å². The second-order valence-electron chi connectivity index (χ2n) is 3.91. The predicted octanol–water partition coefficient (Wildman–Crippen LogP) is 1.34. The van der Waals surface area contributed by atoms with Crippen molar-refractivity contribution in [3.05, 3.63) is 0 Å². The molecule has 0 aliphatic rings. The topological polar surface area (TPSA) is 43.1 Å². The molecular weight excluding hydrogens is 150 g/mol. The molecule has 0 saturated heterocycles. The van der Waals surface area contributed by atoms with Gasteiger partial charge >= 0.3 is 0 Å². The van der Waals surface area contributed by atoms with E-state index in [9.17, 15) is 4.79 Å². The first kappa shape index (κ1) is 11.2. The van der Waals surface area contributed by atoms with Crippen LogP contribution in [0.5, 0.6) is 0 Å². The Balaban J connectivity index is 4.17. The van der Waals surface area contributed by atoms with E-state index in [2.05, 4.69) is 11.8 Å². The van der Waals surface area contributed by atoms with Crippen molar-refractivity contribution in [2.24, 2.45) is 11.1 Å². The van der Waals surface area contributed by atoms with Crippen LogP contribution in [0.25, 0.3) is 0 Å². The Morgan fingerprint density at radius 1 is 1.50 bits per heavy atom. The summed E-state index contributed by atoms with van der Waals surface area (Å²) in [4.78, 5) is 11.3. The van der Waals surface area contributed by atoms with Gasteiger partial charge in [0.2, 0.25) is 0 Å². The molecule has 2 nitrogen and oxygen atoms in total. The third kappa shape index (κ3) is 3.54. The lowest BCUT2D eigenvalue weighted by Gasteiger charge is -2.24. The number of carbonyl (C=O) groups excluding carboxylic acids is 1. The van der Waals surface area contributed by atoms with E-state index < -0.39 is 6.04 Å². The average Bonchev–Trinajstić information content (AvgIpc) is 1.97. The standard InChI is InChI=1S/C10H17NO/c1-5-6-7-8(12)9(11)10(2,3)4/h9H,7,11H2,1-4H3. The molecule has 0 rings (SSSR count). The number of ketones is 1. The smallest absolute Gasteiger partial charge is 0.161 e. The van der Waals surface area contributed by atoms with Crippen LogP contribution in [0.15, 0.2) is 0 Å². The minimum Gasteiger partial charge on any atom is -0.321 e. The third-order valence-corrected chi connectivity index (χ3v) is 1.72. The molecule has 2 heteroatoms. The molecular formula is C10H17NO. The quantitative estimate of drug-likeness (QED) is 0.631.